The topological polar surface area (TPSA) is 142 Å². The van der Waals surface area contributed by atoms with Crippen LogP contribution in [-0.4, -0.2) is 54.8 Å². The Kier molecular flexibility index (Phi) is 9.76. The van der Waals surface area contributed by atoms with Crippen molar-refractivity contribution >= 4 is 23.7 Å². The molecule has 0 spiro atoms. The number of thioether (sulfide) groups is 1. The maximum absolute atomic E-state index is 12.6. The summed E-state index contributed by atoms with van der Waals surface area (Å²) in [5.41, 5.74) is 3.66. The van der Waals surface area contributed by atoms with Gasteiger partial charge in [0.1, 0.15) is 0 Å². The Morgan fingerprint density at radius 3 is 2.26 bits per heavy atom. The molecular weight excluding hydrogens is 462 g/mol. The highest BCUT2D eigenvalue weighted by Crippen LogP contribution is 2.49. The van der Waals surface area contributed by atoms with Crippen molar-refractivity contribution in [3.63, 3.8) is 0 Å². The molecule has 2 aromatic rings. The van der Waals surface area contributed by atoms with E-state index in [1.807, 2.05) is 31.5 Å². The van der Waals surface area contributed by atoms with Gasteiger partial charge >= 0.3 is 11.9 Å². The van der Waals surface area contributed by atoms with Crippen LogP contribution in [0.2, 0.25) is 0 Å². The van der Waals surface area contributed by atoms with Crippen LogP contribution in [0, 0.1) is 0 Å². The van der Waals surface area contributed by atoms with Gasteiger partial charge in [0.05, 0.1) is 32.0 Å². The van der Waals surface area contributed by atoms with Gasteiger partial charge in [-0.05, 0) is 61.0 Å². The third-order valence-electron chi connectivity index (χ3n) is 5.44. The summed E-state index contributed by atoms with van der Waals surface area (Å²) in [6.45, 7) is 0. The first kappa shape index (κ1) is 27.0. The average Bonchev–Trinajstić information content (AvgIpc) is 3.05. The fourth-order valence-electron chi connectivity index (χ4n) is 3.80. The van der Waals surface area contributed by atoms with Gasteiger partial charge in [0, 0.05) is 11.6 Å². The number of fused-ring (bicyclic) bond motifs is 3. The van der Waals surface area contributed by atoms with Crippen LogP contribution in [-0.2, 0) is 16.0 Å². The number of ether oxygens (including phenoxy) is 2. The number of methoxy groups -OCH3 is 2. The van der Waals surface area contributed by atoms with Gasteiger partial charge in [0.15, 0.2) is 16.9 Å². The number of aliphatic carboxylic acids is 2. The first-order chi connectivity index (χ1) is 16.2. The number of hydrogen-bond donors (Lipinski definition) is 4. The smallest absolute Gasteiger partial charge is 0.303 e. The number of phenolic OH excluding ortho intramolecular Hbond substituents is 1. The van der Waals surface area contributed by atoms with Gasteiger partial charge in [0.2, 0.25) is 5.75 Å². The fourth-order valence-corrected chi connectivity index (χ4v) is 4.27. The van der Waals surface area contributed by atoms with Crippen LogP contribution in [0.1, 0.15) is 36.4 Å². The highest BCUT2D eigenvalue weighted by atomic mass is 32.2. The molecule has 0 aromatic heterocycles. The number of aromatic hydroxyl groups is 1. The SMILES string of the molecule is CN[C@H]1CCc2cc(OC)c(O)c(OC)c2-c2ccc(SC)c(=O)cc21.O=C(O)CCC(=O)O. The number of carboxylic acids is 2. The van der Waals surface area contributed by atoms with Gasteiger partial charge in [-0.1, -0.05) is 6.07 Å². The Balaban J connectivity index is 0.000000440. The van der Waals surface area contributed by atoms with E-state index in [9.17, 15) is 19.5 Å². The number of rotatable bonds is 7. The van der Waals surface area contributed by atoms with E-state index in [4.69, 9.17) is 19.7 Å². The Hall–Kier alpha value is -3.24. The molecule has 4 N–H and O–H groups in total. The van der Waals surface area contributed by atoms with E-state index in [-0.39, 0.29) is 30.1 Å². The second-order valence-corrected chi connectivity index (χ2v) is 8.29. The second kappa shape index (κ2) is 12.3. The highest BCUT2D eigenvalue weighted by Gasteiger charge is 2.27. The molecule has 9 nitrogen and oxygen atoms in total. The summed E-state index contributed by atoms with van der Waals surface area (Å²) in [5, 5.41) is 29.7. The zero-order chi connectivity index (χ0) is 25.4. The maximum atomic E-state index is 12.6. The summed E-state index contributed by atoms with van der Waals surface area (Å²) >= 11 is 1.43. The molecule has 3 rings (SSSR count). The predicted octanol–water partition coefficient (Wildman–Crippen LogP) is 3.30. The third-order valence-corrected chi connectivity index (χ3v) is 6.21. The molecule has 0 aliphatic heterocycles. The van der Waals surface area contributed by atoms with Crippen LogP contribution in [0.25, 0.3) is 11.1 Å². The van der Waals surface area contributed by atoms with Gasteiger partial charge in [0.25, 0.3) is 0 Å². The van der Waals surface area contributed by atoms with Gasteiger partial charge in [-0.3, -0.25) is 14.4 Å². The van der Waals surface area contributed by atoms with E-state index in [0.29, 0.717) is 16.4 Å². The molecular formula is C24H29NO8S. The minimum Gasteiger partial charge on any atom is -0.502 e. The van der Waals surface area contributed by atoms with Crippen molar-refractivity contribution in [2.75, 3.05) is 27.5 Å². The summed E-state index contributed by atoms with van der Waals surface area (Å²) in [4.78, 5) is 32.5. The molecule has 184 valence electrons. The average molecular weight is 492 g/mol. The van der Waals surface area contributed by atoms with Crippen LogP contribution >= 0.6 is 11.8 Å². The molecule has 10 heteroatoms. The van der Waals surface area contributed by atoms with Crippen molar-refractivity contribution in [3.8, 4) is 28.4 Å². The zero-order valence-electron chi connectivity index (χ0n) is 19.5. The van der Waals surface area contributed by atoms with E-state index < -0.39 is 11.9 Å². The van der Waals surface area contributed by atoms with Crippen molar-refractivity contribution < 1.29 is 34.4 Å². The van der Waals surface area contributed by atoms with Crippen molar-refractivity contribution in [2.24, 2.45) is 0 Å². The second-order valence-electron chi connectivity index (χ2n) is 7.44. The lowest BCUT2D eigenvalue weighted by Gasteiger charge is -2.17. The van der Waals surface area contributed by atoms with E-state index >= 15 is 0 Å². The molecule has 1 atom stereocenters. The minimum absolute atomic E-state index is 0.000787. The fraction of sp³-hybridized carbons (Fsp3) is 0.375. The minimum atomic E-state index is -1.08. The largest absolute Gasteiger partial charge is 0.502 e. The molecule has 0 saturated heterocycles. The van der Waals surface area contributed by atoms with Gasteiger partial charge < -0.3 is 30.1 Å². The first-order valence-electron chi connectivity index (χ1n) is 10.5. The Morgan fingerprint density at radius 1 is 1.12 bits per heavy atom. The molecule has 0 heterocycles. The normalized spacial score (nSPS) is 13.9. The number of nitrogens with one attached hydrogen (secondary N) is 1. The van der Waals surface area contributed by atoms with Gasteiger partial charge in [-0.25, -0.2) is 0 Å². The Labute approximate surface area is 201 Å². The van der Waals surface area contributed by atoms with Crippen LogP contribution in [0.5, 0.6) is 17.2 Å². The molecule has 0 saturated carbocycles. The summed E-state index contributed by atoms with van der Waals surface area (Å²) in [6.07, 6.45) is 2.90. The molecule has 34 heavy (non-hydrogen) atoms. The maximum Gasteiger partial charge on any atom is 0.303 e. The molecule has 2 aromatic carbocycles. The molecule has 1 aliphatic rings. The number of hydrogen-bond acceptors (Lipinski definition) is 8. The summed E-state index contributed by atoms with van der Waals surface area (Å²) < 4.78 is 10.9. The standard InChI is InChI=1S/C20H23NO4S.C4H6O4/c1-21-14-7-5-11-9-16(24-2)19(23)20(25-3)18(11)12-6-8-17(26-4)15(22)10-13(12)14;5-3(6)1-2-4(7)8/h6,8-10,14,21,23H,5,7H2,1-4H3;1-2H2,(H,5,6)(H,7,8)/t14-;/m0./s1. The van der Waals surface area contributed by atoms with Crippen molar-refractivity contribution in [2.45, 2.75) is 36.6 Å². The highest BCUT2D eigenvalue weighted by molar-refractivity contribution is 7.98. The molecule has 0 fully saturated rings. The predicted molar refractivity (Wildman–Crippen MR) is 129 cm³/mol. The van der Waals surface area contributed by atoms with Crippen LogP contribution in [0.3, 0.4) is 0 Å². The Bertz CT molecular complexity index is 1100. The summed E-state index contributed by atoms with van der Waals surface area (Å²) in [5.74, 6) is -1.41. The monoisotopic (exact) mass is 491 g/mol. The van der Waals surface area contributed by atoms with Crippen LogP contribution in [0.15, 0.2) is 34.0 Å². The first-order valence-corrected chi connectivity index (χ1v) is 11.7. The van der Waals surface area contributed by atoms with Crippen molar-refractivity contribution in [1.29, 1.82) is 0 Å². The zero-order valence-corrected chi connectivity index (χ0v) is 20.3. The lowest BCUT2D eigenvalue weighted by atomic mass is 9.95. The van der Waals surface area contributed by atoms with Crippen LogP contribution in [0.4, 0.5) is 0 Å². The number of aryl methyl sites for hydroxylation is 1. The number of carbonyl (C=O) groups is 2. The van der Waals surface area contributed by atoms with Crippen LogP contribution < -0.4 is 20.2 Å². The van der Waals surface area contributed by atoms with Crippen molar-refractivity contribution in [3.05, 3.63) is 45.6 Å². The lowest BCUT2D eigenvalue weighted by Crippen LogP contribution is -2.17. The Morgan fingerprint density at radius 2 is 1.76 bits per heavy atom. The number of carboxylic acid groups (broad SMARTS) is 2. The van der Waals surface area contributed by atoms with E-state index in [1.54, 1.807) is 6.07 Å². The summed E-state index contributed by atoms with van der Waals surface area (Å²) in [7, 11) is 4.95. The summed E-state index contributed by atoms with van der Waals surface area (Å²) in [6, 6.07) is 7.39. The molecule has 0 radical (unpaired) electrons. The van der Waals surface area contributed by atoms with E-state index in [2.05, 4.69) is 5.32 Å². The number of benzene rings is 1. The molecule has 0 bridgehead atoms. The number of phenols is 1. The molecule has 0 amide bonds. The molecule has 1 aliphatic carbocycles. The van der Waals surface area contributed by atoms with Gasteiger partial charge in [-0.15, -0.1) is 11.8 Å². The van der Waals surface area contributed by atoms with Gasteiger partial charge in [-0.2, -0.15) is 0 Å². The van der Waals surface area contributed by atoms with Crippen molar-refractivity contribution in [1.82, 2.24) is 5.32 Å². The quantitative estimate of drug-likeness (QED) is 0.426. The van der Waals surface area contributed by atoms with E-state index in [1.165, 1.54) is 26.0 Å². The third kappa shape index (κ3) is 6.21. The van der Waals surface area contributed by atoms with E-state index in [0.717, 1.165) is 35.1 Å². The lowest BCUT2D eigenvalue weighted by molar-refractivity contribution is -0.143. The molecule has 0 unspecified atom stereocenters.